The van der Waals surface area contributed by atoms with Crippen molar-refractivity contribution in [2.24, 2.45) is 23.5 Å². The Balaban J connectivity index is 2.15. The Morgan fingerprint density at radius 3 is 2.56 bits per heavy atom. The summed E-state index contributed by atoms with van der Waals surface area (Å²) in [6.07, 6.45) is 8.20. The van der Waals surface area contributed by atoms with Crippen LogP contribution in [0, 0.1) is 17.8 Å². The van der Waals surface area contributed by atoms with Crippen molar-refractivity contribution in [3.8, 4) is 0 Å². The molecule has 2 nitrogen and oxygen atoms in total. The monoisotopic (exact) mass is 252 g/mol. The van der Waals surface area contributed by atoms with Crippen molar-refractivity contribution < 1.29 is 0 Å². The number of rotatable bonds is 3. The van der Waals surface area contributed by atoms with Crippen molar-refractivity contribution in [2.75, 3.05) is 19.6 Å². The van der Waals surface area contributed by atoms with Gasteiger partial charge in [0.2, 0.25) is 0 Å². The fraction of sp³-hybridized carbons (Fsp3) is 1.00. The van der Waals surface area contributed by atoms with Crippen LogP contribution in [-0.2, 0) is 0 Å². The van der Waals surface area contributed by atoms with Crippen LogP contribution in [0.15, 0.2) is 0 Å². The van der Waals surface area contributed by atoms with Crippen molar-refractivity contribution in [2.45, 2.75) is 64.8 Å². The molecule has 0 spiro atoms. The third-order valence-electron chi connectivity index (χ3n) is 5.98. The number of hydrogen-bond acceptors (Lipinski definition) is 2. The van der Waals surface area contributed by atoms with Crippen LogP contribution in [0.25, 0.3) is 0 Å². The highest BCUT2D eigenvalue weighted by Crippen LogP contribution is 2.42. The van der Waals surface area contributed by atoms with Gasteiger partial charge in [0.05, 0.1) is 0 Å². The normalized spacial score (nSPS) is 43.0. The largest absolute Gasteiger partial charge is 0.329 e. The van der Waals surface area contributed by atoms with E-state index < -0.39 is 0 Å². The third-order valence-corrected chi connectivity index (χ3v) is 5.98. The van der Waals surface area contributed by atoms with E-state index in [4.69, 9.17) is 5.73 Å². The van der Waals surface area contributed by atoms with Crippen LogP contribution in [0.1, 0.15) is 59.3 Å². The molecule has 2 rings (SSSR count). The van der Waals surface area contributed by atoms with Crippen molar-refractivity contribution in [1.82, 2.24) is 4.90 Å². The summed E-state index contributed by atoms with van der Waals surface area (Å²) in [6.45, 7) is 10.6. The second-order valence-corrected chi connectivity index (χ2v) is 6.85. The van der Waals surface area contributed by atoms with Crippen LogP contribution in [0.5, 0.6) is 0 Å². The lowest BCUT2D eigenvalue weighted by Crippen LogP contribution is -2.62. The summed E-state index contributed by atoms with van der Waals surface area (Å²) in [5.41, 5.74) is 6.61. The van der Waals surface area contributed by atoms with Crippen LogP contribution in [0.3, 0.4) is 0 Å². The van der Waals surface area contributed by atoms with Gasteiger partial charge in [0.15, 0.2) is 0 Å². The van der Waals surface area contributed by atoms with Gasteiger partial charge in [-0.3, -0.25) is 4.90 Å². The summed E-state index contributed by atoms with van der Waals surface area (Å²) in [4.78, 5) is 2.78. The Morgan fingerprint density at radius 2 is 1.94 bits per heavy atom. The van der Waals surface area contributed by atoms with E-state index in [1.807, 2.05) is 0 Å². The Morgan fingerprint density at radius 1 is 1.17 bits per heavy atom. The fourth-order valence-corrected chi connectivity index (χ4v) is 4.36. The predicted octanol–water partition coefficient (Wildman–Crippen LogP) is 3.26. The second-order valence-electron chi connectivity index (χ2n) is 6.85. The molecule has 1 saturated heterocycles. The van der Waals surface area contributed by atoms with Crippen LogP contribution < -0.4 is 5.73 Å². The number of nitrogens with zero attached hydrogens (tertiary/aromatic N) is 1. The first-order valence-corrected chi connectivity index (χ1v) is 8.09. The van der Waals surface area contributed by atoms with Gasteiger partial charge in [0.1, 0.15) is 0 Å². The molecule has 1 aliphatic heterocycles. The lowest BCUT2D eigenvalue weighted by Gasteiger charge is -2.54. The minimum atomic E-state index is 0.335. The maximum Gasteiger partial charge on any atom is 0.0359 e. The molecule has 0 bridgehead atoms. The molecule has 1 aliphatic carbocycles. The van der Waals surface area contributed by atoms with Gasteiger partial charge in [-0.25, -0.2) is 0 Å². The van der Waals surface area contributed by atoms with E-state index in [1.165, 1.54) is 51.6 Å². The lowest BCUT2D eigenvalue weighted by atomic mass is 9.69. The van der Waals surface area contributed by atoms with E-state index in [0.29, 0.717) is 5.54 Å². The Bertz CT molecular complexity index is 266. The maximum absolute atomic E-state index is 6.27. The quantitative estimate of drug-likeness (QED) is 0.835. The van der Waals surface area contributed by atoms with E-state index in [9.17, 15) is 0 Å². The van der Waals surface area contributed by atoms with Gasteiger partial charge in [0, 0.05) is 18.6 Å². The molecule has 106 valence electrons. The molecular formula is C16H32N2. The van der Waals surface area contributed by atoms with E-state index in [-0.39, 0.29) is 0 Å². The zero-order valence-corrected chi connectivity index (χ0v) is 12.6. The highest BCUT2D eigenvalue weighted by molar-refractivity contribution is 5.01. The first-order valence-electron chi connectivity index (χ1n) is 8.09. The zero-order chi connectivity index (χ0) is 13.2. The summed E-state index contributed by atoms with van der Waals surface area (Å²) in [5, 5.41) is 0. The van der Waals surface area contributed by atoms with Crippen molar-refractivity contribution in [1.29, 1.82) is 0 Å². The average molecular weight is 252 g/mol. The second kappa shape index (κ2) is 5.92. The average Bonchev–Trinajstić information content (AvgIpc) is 2.41. The van der Waals surface area contributed by atoms with Gasteiger partial charge in [0.25, 0.3) is 0 Å². The molecule has 18 heavy (non-hydrogen) atoms. The van der Waals surface area contributed by atoms with E-state index in [2.05, 4.69) is 25.7 Å². The standard InChI is InChI=1S/C16H32N2/c1-4-15-7-5-6-9-16(15,12-17)18-10-8-13(2)14(3)11-18/h13-15H,4-12,17H2,1-3H3. The summed E-state index contributed by atoms with van der Waals surface area (Å²) >= 11 is 0. The molecule has 2 fully saturated rings. The maximum atomic E-state index is 6.27. The summed E-state index contributed by atoms with van der Waals surface area (Å²) in [5.74, 6) is 2.55. The number of nitrogens with two attached hydrogens (primary N) is 1. The van der Waals surface area contributed by atoms with Crippen molar-refractivity contribution >= 4 is 0 Å². The predicted molar refractivity (Wildman–Crippen MR) is 78.6 cm³/mol. The van der Waals surface area contributed by atoms with Crippen LogP contribution in [0.2, 0.25) is 0 Å². The number of piperidine rings is 1. The molecule has 0 amide bonds. The summed E-state index contributed by atoms with van der Waals surface area (Å²) in [7, 11) is 0. The van der Waals surface area contributed by atoms with Gasteiger partial charge < -0.3 is 5.73 Å². The molecule has 2 aliphatic rings. The highest BCUT2D eigenvalue weighted by atomic mass is 15.2. The van der Waals surface area contributed by atoms with Crippen molar-refractivity contribution in [3.05, 3.63) is 0 Å². The first-order chi connectivity index (χ1) is 8.64. The minimum absolute atomic E-state index is 0.335. The lowest BCUT2D eigenvalue weighted by molar-refractivity contribution is -0.0317. The molecule has 4 unspecified atom stereocenters. The SMILES string of the molecule is CCC1CCCCC1(CN)N1CCC(C)C(C)C1. The molecule has 1 saturated carbocycles. The number of hydrogen-bond donors (Lipinski definition) is 1. The Kier molecular flexibility index (Phi) is 4.71. The van der Waals surface area contributed by atoms with Gasteiger partial charge in [-0.15, -0.1) is 0 Å². The van der Waals surface area contributed by atoms with Gasteiger partial charge in [-0.05, 0) is 43.6 Å². The van der Waals surface area contributed by atoms with Crippen LogP contribution in [-0.4, -0.2) is 30.1 Å². The fourth-order valence-electron chi connectivity index (χ4n) is 4.36. The minimum Gasteiger partial charge on any atom is -0.329 e. The van der Waals surface area contributed by atoms with Gasteiger partial charge in [-0.1, -0.05) is 40.0 Å². The van der Waals surface area contributed by atoms with E-state index in [1.54, 1.807) is 0 Å². The molecule has 0 aromatic carbocycles. The highest BCUT2D eigenvalue weighted by Gasteiger charge is 2.44. The molecular weight excluding hydrogens is 220 g/mol. The molecule has 2 N–H and O–H groups in total. The first kappa shape index (κ1) is 14.3. The van der Waals surface area contributed by atoms with Crippen molar-refractivity contribution in [3.63, 3.8) is 0 Å². The molecule has 1 heterocycles. The van der Waals surface area contributed by atoms with Gasteiger partial charge in [-0.2, -0.15) is 0 Å². The van der Waals surface area contributed by atoms with Crippen LogP contribution >= 0.6 is 0 Å². The molecule has 0 radical (unpaired) electrons. The Labute approximate surface area is 113 Å². The summed E-state index contributed by atoms with van der Waals surface area (Å²) in [6, 6.07) is 0. The topological polar surface area (TPSA) is 29.3 Å². The van der Waals surface area contributed by atoms with E-state index in [0.717, 1.165) is 24.3 Å². The zero-order valence-electron chi connectivity index (χ0n) is 12.6. The molecule has 2 heteroatoms. The van der Waals surface area contributed by atoms with Crippen LogP contribution in [0.4, 0.5) is 0 Å². The van der Waals surface area contributed by atoms with E-state index >= 15 is 0 Å². The van der Waals surface area contributed by atoms with Gasteiger partial charge >= 0.3 is 0 Å². The molecule has 4 atom stereocenters. The molecule has 0 aromatic heterocycles. The smallest absolute Gasteiger partial charge is 0.0359 e. The Hall–Kier alpha value is -0.0800. The molecule has 0 aromatic rings. The third kappa shape index (κ3) is 2.46. The summed E-state index contributed by atoms with van der Waals surface area (Å²) < 4.78 is 0. The number of likely N-dealkylation sites (tertiary alicyclic amines) is 1.